The van der Waals surface area contributed by atoms with Gasteiger partial charge >= 0.3 is 0 Å². The zero-order chi connectivity index (χ0) is 21.8. The fourth-order valence-electron chi connectivity index (χ4n) is 2.69. The van der Waals surface area contributed by atoms with Gasteiger partial charge in [0.25, 0.3) is 0 Å². The van der Waals surface area contributed by atoms with Gasteiger partial charge in [-0.1, -0.05) is 32.9 Å². The van der Waals surface area contributed by atoms with Crippen molar-refractivity contribution in [2.75, 3.05) is 5.32 Å². The van der Waals surface area contributed by atoms with Gasteiger partial charge in [0.15, 0.2) is 0 Å². The van der Waals surface area contributed by atoms with Crippen LogP contribution in [0.2, 0.25) is 0 Å². The first kappa shape index (κ1) is 22.6. The Hall–Kier alpha value is -3.67. The zero-order valence-electron chi connectivity index (χ0n) is 17.8. The Kier molecular flexibility index (Phi) is 9.06. The highest BCUT2D eigenvalue weighted by Gasteiger charge is 2.13. The molecular formula is C24H29N5O. The zero-order valence-corrected chi connectivity index (χ0v) is 17.8. The van der Waals surface area contributed by atoms with Gasteiger partial charge in [0.2, 0.25) is 5.96 Å². The van der Waals surface area contributed by atoms with E-state index in [0.717, 1.165) is 41.2 Å². The fourth-order valence-corrected chi connectivity index (χ4v) is 2.69. The van der Waals surface area contributed by atoms with Gasteiger partial charge in [0, 0.05) is 30.1 Å². The van der Waals surface area contributed by atoms with Crippen LogP contribution >= 0.6 is 0 Å². The summed E-state index contributed by atoms with van der Waals surface area (Å²) in [7, 11) is 0. The highest BCUT2D eigenvalue weighted by molar-refractivity contribution is 5.83. The van der Waals surface area contributed by atoms with Gasteiger partial charge in [-0.15, -0.1) is 0 Å². The van der Waals surface area contributed by atoms with Crippen molar-refractivity contribution >= 4 is 24.6 Å². The number of ether oxygens (including phenoxy) is 1. The number of rotatable bonds is 6. The number of nitrogens with one attached hydrogen (secondary N) is 1. The summed E-state index contributed by atoms with van der Waals surface area (Å²) < 4.78 is 6.11. The number of nitrogens with two attached hydrogens (primary N) is 1. The van der Waals surface area contributed by atoms with Gasteiger partial charge < -0.3 is 15.8 Å². The molecule has 3 N–H and O–H groups in total. The summed E-state index contributed by atoms with van der Waals surface area (Å²) in [4.78, 5) is 12.0. The van der Waals surface area contributed by atoms with E-state index in [1.165, 1.54) is 0 Å². The molecule has 0 radical (unpaired) electrons. The normalized spacial score (nSPS) is 15.5. The number of hydrogen-bond acceptors (Lipinski definition) is 4. The number of nitrogens with zero attached hydrogens (tertiary/aromatic N) is 3. The number of hydrogen-bond donors (Lipinski definition) is 2. The summed E-state index contributed by atoms with van der Waals surface area (Å²) in [6, 6.07) is 7.66. The number of guanidine groups is 1. The molecule has 0 saturated carbocycles. The van der Waals surface area contributed by atoms with Gasteiger partial charge in [-0.25, -0.2) is 4.99 Å². The maximum atomic E-state index is 6.11. The van der Waals surface area contributed by atoms with Crippen molar-refractivity contribution in [1.82, 2.24) is 0 Å². The van der Waals surface area contributed by atoms with Gasteiger partial charge in [-0.3, -0.25) is 4.99 Å². The quantitative estimate of drug-likeness (QED) is 0.485. The molecule has 30 heavy (non-hydrogen) atoms. The number of fused-ring (bicyclic) bond motifs is 2. The molecule has 0 aromatic heterocycles. The average Bonchev–Trinajstić information content (AvgIpc) is 3.12. The molecule has 6 nitrogen and oxygen atoms in total. The Labute approximate surface area is 178 Å². The molecule has 1 heterocycles. The number of anilines is 1. The minimum absolute atomic E-state index is 0.120. The molecule has 6 heteroatoms. The van der Waals surface area contributed by atoms with E-state index in [1.807, 2.05) is 81.6 Å². The van der Waals surface area contributed by atoms with E-state index in [1.54, 1.807) is 6.21 Å². The Morgan fingerprint density at radius 3 is 2.73 bits per heavy atom. The lowest BCUT2D eigenvalue weighted by atomic mass is 10.1. The largest absolute Gasteiger partial charge is 0.457 e. The summed E-state index contributed by atoms with van der Waals surface area (Å²) in [6.45, 7) is 9.40. The van der Waals surface area contributed by atoms with Crippen molar-refractivity contribution in [3.63, 3.8) is 0 Å². The Morgan fingerprint density at radius 2 is 2.03 bits per heavy atom. The van der Waals surface area contributed by atoms with Crippen LogP contribution in [0.15, 0.2) is 98.5 Å². The van der Waals surface area contributed by atoms with E-state index in [4.69, 9.17) is 10.5 Å². The lowest BCUT2D eigenvalue weighted by Crippen LogP contribution is -2.10. The van der Waals surface area contributed by atoms with Crippen LogP contribution in [0.1, 0.15) is 33.6 Å². The molecule has 156 valence electrons. The van der Waals surface area contributed by atoms with Crippen molar-refractivity contribution < 1.29 is 4.74 Å². The Balaban J connectivity index is 0.00000155. The van der Waals surface area contributed by atoms with Crippen molar-refractivity contribution in [3.8, 4) is 5.75 Å². The Bertz CT molecular complexity index is 944. The van der Waals surface area contributed by atoms with Crippen LogP contribution in [0.3, 0.4) is 0 Å². The van der Waals surface area contributed by atoms with E-state index in [-0.39, 0.29) is 5.96 Å². The van der Waals surface area contributed by atoms with Crippen LogP contribution < -0.4 is 15.8 Å². The SMILES string of the molecule is C=N/C(N)=N\C(=C/CC)Nc1ccc(OC2=CC=CC3=CN=CC=C2C3)cc1.CC. The van der Waals surface area contributed by atoms with Crippen molar-refractivity contribution in [2.24, 2.45) is 20.7 Å². The highest BCUT2D eigenvalue weighted by Crippen LogP contribution is 2.28. The van der Waals surface area contributed by atoms with Crippen LogP contribution in [0, 0.1) is 0 Å². The molecule has 0 fully saturated rings. The van der Waals surface area contributed by atoms with Crippen LogP contribution in [-0.2, 0) is 0 Å². The molecule has 0 saturated heterocycles. The predicted molar refractivity (Wildman–Crippen MR) is 128 cm³/mol. The topological polar surface area (TPSA) is 84.4 Å². The molecular weight excluding hydrogens is 374 g/mol. The van der Waals surface area contributed by atoms with Crippen molar-refractivity contribution in [2.45, 2.75) is 33.6 Å². The molecule has 3 rings (SSSR count). The summed E-state index contributed by atoms with van der Waals surface area (Å²) in [6.07, 6.45) is 15.2. The number of allylic oxidation sites excluding steroid dienone is 7. The summed E-state index contributed by atoms with van der Waals surface area (Å²) >= 11 is 0. The average molecular weight is 404 g/mol. The van der Waals surface area contributed by atoms with Gasteiger partial charge in [-0.2, -0.15) is 4.99 Å². The Morgan fingerprint density at radius 1 is 1.27 bits per heavy atom. The van der Waals surface area contributed by atoms with E-state index >= 15 is 0 Å². The summed E-state index contributed by atoms with van der Waals surface area (Å²) in [5.74, 6) is 2.31. The smallest absolute Gasteiger partial charge is 0.221 e. The fraction of sp³-hybridized carbons (Fsp3) is 0.208. The minimum atomic E-state index is 0.120. The molecule has 1 aliphatic carbocycles. The molecule has 0 atom stereocenters. The maximum Gasteiger partial charge on any atom is 0.221 e. The minimum Gasteiger partial charge on any atom is -0.457 e. The lowest BCUT2D eigenvalue weighted by molar-refractivity contribution is 0.434. The predicted octanol–water partition coefficient (Wildman–Crippen LogP) is 5.51. The first-order valence-electron chi connectivity index (χ1n) is 10.0. The number of aliphatic imine (C=N–C) groups is 3. The molecule has 0 unspecified atom stereocenters. The molecule has 1 aromatic carbocycles. The molecule has 2 aliphatic rings. The molecule has 0 spiro atoms. The summed E-state index contributed by atoms with van der Waals surface area (Å²) in [5, 5.41) is 3.22. The monoisotopic (exact) mass is 403 g/mol. The van der Waals surface area contributed by atoms with Crippen LogP contribution in [-0.4, -0.2) is 18.9 Å². The van der Waals surface area contributed by atoms with E-state index in [9.17, 15) is 0 Å². The van der Waals surface area contributed by atoms with Crippen molar-refractivity contribution in [1.29, 1.82) is 0 Å². The third kappa shape index (κ3) is 6.74. The highest BCUT2D eigenvalue weighted by atomic mass is 16.5. The molecule has 0 amide bonds. The van der Waals surface area contributed by atoms with E-state index in [0.29, 0.717) is 5.82 Å². The van der Waals surface area contributed by atoms with Crippen LogP contribution in [0.5, 0.6) is 5.75 Å². The second-order valence-corrected chi connectivity index (χ2v) is 6.14. The van der Waals surface area contributed by atoms with Crippen molar-refractivity contribution in [3.05, 3.63) is 83.6 Å². The van der Waals surface area contributed by atoms with Gasteiger partial charge in [-0.05, 0) is 61.2 Å². The molecule has 1 aromatic rings. The second kappa shape index (κ2) is 12.0. The maximum absolute atomic E-state index is 6.11. The summed E-state index contributed by atoms with van der Waals surface area (Å²) in [5.41, 5.74) is 8.75. The third-order valence-electron chi connectivity index (χ3n) is 4.02. The standard InChI is InChI=1S/C22H23N5O.C2H6/c1-3-5-21(27-22(23)24-2)26-18-8-10-19(11-9-18)28-20-7-4-6-16-14-17(20)12-13-25-15-16;1-2/h4-13,15,26H,2-3,14H2,1H3,(H2,23,27);1-2H3/b21-5-;. The van der Waals surface area contributed by atoms with E-state index in [2.05, 4.69) is 27.0 Å². The lowest BCUT2D eigenvalue weighted by Gasteiger charge is -2.13. The molecule has 1 aliphatic heterocycles. The second-order valence-electron chi connectivity index (χ2n) is 6.14. The first-order valence-corrected chi connectivity index (χ1v) is 10.0. The van der Waals surface area contributed by atoms with Crippen LogP contribution in [0.4, 0.5) is 5.69 Å². The van der Waals surface area contributed by atoms with Gasteiger partial charge in [0.1, 0.15) is 17.3 Å². The first-order chi connectivity index (χ1) is 14.7. The third-order valence-corrected chi connectivity index (χ3v) is 4.02. The molecule has 2 bridgehead atoms. The number of benzene rings is 1. The van der Waals surface area contributed by atoms with E-state index < -0.39 is 0 Å². The van der Waals surface area contributed by atoms with Crippen LogP contribution in [0.25, 0.3) is 0 Å². The van der Waals surface area contributed by atoms with Gasteiger partial charge in [0.05, 0.1) is 0 Å².